The van der Waals surface area contributed by atoms with Crippen molar-refractivity contribution in [1.29, 1.82) is 0 Å². The minimum Gasteiger partial charge on any atom is -0.478 e. The third-order valence-corrected chi connectivity index (χ3v) is 2.70. The van der Waals surface area contributed by atoms with Crippen LogP contribution in [0.15, 0.2) is 24.3 Å². The van der Waals surface area contributed by atoms with Crippen molar-refractivity contribution in [3.05, 3.63) is 47.0 Å². The largest absolute Gasteiger partial charge is 0.478 e. The number of hydrogen-bond donors (Lipinski definition) is 3. The number of benzene rings is 1. The first-order valence-corrected chi connectivity index (χ1v) is 6.12. The number of aryl methyl sites for hydroxylation is 1. The van der Waals surface area contributed by atoms with E-state index in [0.717, 1.165) is 0 Å². The van der Waals surface area contributed by atoms with Crippen molar-refractivity contribution >= 4 is 11.9 Å². The summed E-state index contributed by atoms with van der Waals surface area (Å²) in [6.07, 6.45) is 0.668. The second-order valence-electron chi connectivity index (χ2n) is 4.15. The molecule has 1 aromatic heterocycles. The molecular formula is C13H14N4O3. The number of nitrogens with zero attached hydrogens (tertiary/aromatic N) is 2. The minimum atomic E-state index is -1.00. The molecule has 7 heteroatoms. The number of rotatable bonds is 5. The first-order valence-electron chi connectivity index (χ1n) is 6.12. The van der Waals surface area contributed by atoms with E-state index in [-0.39, 0.29) is 17.9 Å². The molecule has 0 spiro atoms. The lowest BCUT2D eigenvalue weighted by Crippen LogP contribution is -2.24. The summed E-state index contributed by atoms with van der Waals surface area (Å²) in [5.74, 6) is -0.680. The zero-order valence-corrected chi connectivity index (χ0v) is 10.9. The molecule has 0 radical (unpaired) electrons. The van der Waals surface area contributed by atoms with Gasteiger partial charge in [0.25, 0.3) is 5.91 Å². The lowest BCUT2D eigenvalue weighted by atomic mass is 10.1. The van der Waals surface area contributed by atoms with Crippen LogP contribution in [0.4, 0.5) is 0 Å². The van der Waals surface area contributed by atoms with E-state index in [4.69, 9.17) is 5.11 Å². The Balaban J connectivity index is 1.99. The van der Waals surface area contributed by atoms with Crippen LogP contribution >= 0.6 is 0 Å². The fraction of sp³-hybridized carbons (Fsp3) is 0.231. The highest BCUT2D eigenvalue weighted by molar-refractivity contribution is 5.90. The summed E-state index contributed by atoms with van der Waals surface area (Å²) in [5, 5.41) is 18.0. The molecule has 0 saturated carbocycles. The van der Waals surface area contributed by atoms with Crippen molar-refractivity contribution in [2.24, 2.45) is 0 Å². The summed E-state index contributed by atoms with van der Waals surface area (Å²) in [4.78, 5) is 26.6. The molecule has 0 aliphatic heterocycles. The molecule has 1 aromatic carbocycles. The molecule has 0 aliphatic carbocycles. The Labute approximate surface area is 115 Å². The van der Waals surface area contributed by atoms with Crippen LogP contribution in [0.2, 0.25) is 0 Å². The number of H-pyrrole nitrogens is 1. The van der Waals surface area contributed by atoms with Crippen LogP contribution in [-0.4, -0.2) is 32.2 Å². The molecule has 0 fully saturated rings. The van der Waals surface area contributed by atoms with Gasteiger partial charge >= 0.3 is 5.97 Å². The topological polar surface area (TPSA) is 108 Å². The van der Waals surface area contributed by atoms with E-state index in [1.807, 2.05) is 6.92 Å². The highest BCUT2D eigenvalue weighted by atomic mass is 16.4. The molecule has 0 atom stereocenters. The van der Waals surface area contributed by atoms with Gasteiger partial charge in [-0.2, -0.15) is 0 Å². The third kappa shape index (κ3) is 3.19. The summed E-state index contributed by atoms with van der Waals surface area (Å²) in [7, 11) is 0. The van der Waals surface area contributed by atoms with Gasteiger partial charge in [0.15, 0.2) is 0 Å². The number of carboxylic acids is 1. The number of aromatic amines is 1. The molecular weight excluding hydrogens is 260 g/mol. The summed E-state index contributed by atoms with van der Waals surface area (Å²) >= 11 is 0. The summed E-state index contributed by atoms with van der Waals surface area (Å²) < 4.78 is 0. The number of aromatic nitrogens is 3. The number of aromatic carboxylic acids is 1. The SMILES string of the molecule is CCc1nc(C(=O)NCc2cccc(C(=O)O)c2)n[nH]1. The van der Waals surface area contributed by atoms with Gasteiger partial charge < -0.3 is 10.4 Å². The van der Waals surface area contributed by atoms with E-state index in [0.29, 0.717) is 17.8 Å². The van der Waals surface area contributed by atoms with Gasteiger partial charge in [0.05, 0.1) is 5.56 Å². The van der Waals surface area contributed by atoms with Crippen molar-refractivity contribution in [3.8, 4) is 0 Å². The first kappa shape index (κ1) is 13.7. The molecule has 2 aromatic rings. The molecule has 7 nitrogen and oxygen atoms in total. The summed E-state index contributed by atoms with van der Waals surface area (Å²) in [5.41, 5.74) is 0.882. The Kier molecular flexibility index (Phi) is 4.09. The van der Waals surface area contributed by atoms with Crippen LogP contribution in [0.1, 0.15) is 39.3 Å². The molecule has 2 rings (SSSR count). The molecule has 104 valence electrons. The van der Waals surface area contributed by atoms with Crippen molar-refractivity contribution < 1.29 is 14.7 Å². The Hall–Kier alpha value is -2.70. The molecule has 0 unspecified atom stereocenters. The average Bonchev–Trinajstić information content (AvgIpc) is 2.94. The van der Waals surface area contributed by atoms with E-state index >= 15 is 0 Å². The Morgan fingerprint density at radius 2 is 2.20 bits per heavy atom. The van der Waals surface area contributed by atoms with E-state index in [1.54, 1.807) is 12.1 Å². The Bertz CT molecular complexity index is 636. The maximum Gasteiger partial charge on any atom is 0.335 e. The highest BCUT2D eigenvalue weighted by Gasteiger charge is 2.11. The molecule has 3 N–H and O–H groups in total. The number of nitrogens with one attached hydrogen (secondary N) is 2. The van der Waals surface area contributed by atoms with Gasteiger partial charge in [0.2, 0.25) is 5.82 Å². The fourth-order valence-electron chi connectivity index (χ4n) is 1.63. The van der Waals surface area contributed by atoms with Crippen molar-refractivity contribution in [2.75, 3.05) is 0 Å². The highest BCUT2D eigenvalue weighted by Crippen LogP contribution is 2.05. The maximum absolute atomic E-state index is 11.8. The zero-order valence-electron chi connectivity index (χ0n) is 10.9. The van der Waals surface area contributed by atoms with Crippen LogP contribution in [0.5, 0.6) is 0 Å². The second-order valence-corrected chi connectivity index (χ2v) is 4.15. The number of hydrogen-bond acceptors (Lipinski definition) is 4. The predicted molar refractivity (Wildman–Crippen MR) is 70.3 cm³/mol. The van der Waals surface area contributed by atoms with Gasteiger partial charge in [-0.15, -0.1) is 5.10 Å². The molecule has 20 heavy (non-hydrogen) atoms. The van der Waals surface area contributed by atoms with E-state index < -0.39 is 11.9 Å². The summed E-state index contributed by atoms with van der Waals surface area (Å²) in [6, 6.07) is 6.38. The number of carbonyl (C=O) groups is 2. The molecule has 1 heterocycles. The van der Waals surface area contributed by atoms with Gasteiger partial charge in [-0.25, -0.2) is 9.78 Å². The smallest absolute Gasteiger partial charge is 0.335 e. The van der Waals surface area contributed by atoms with Gasteiger partial charge in [0, 0.05) is 13.0 Å². The minimum absolute atomic E-state index is 0.0799. The molecule has 0 saturated heterocycles. The maximum atomic E-state index is 11.8. The molecule has 0 bridgehead atoms. The lowest BCUT2D eigenvalue weighted by Gasteiger charge is -2.03. The molecule has 0 aliphatic rings. The quantitative estimate of drug-likeness (QED) is 0.753. The van der Waals surface area contributed by atoms with Gasteiger partial charge in [-0.05, 0) is 17.7 Å². The monoisotopic (exact) mass is 274 g/mol. The normalized spacial score (nSPS) is 10.2. The van der Waals surface area contributed by atoms with Crippen LogP contribution in [0.3, 0.4) is 0 Å². The van der Waals surface area contributed by atoms with Crippen LogP contribution < -0.4 is 5.32 Å². The van der Waals surface area contributed by atoms with E-state index in [2.05, 4.69) is 20.5 Å². The second kappa shape index (κ2) is 5.96. The zero-order chi connectivity index (χ0) is 14.5. The molecule has 1 amide bonds. The number of carbonyl (C=O) groups excluding carboxylic acids is 1. The van der Waals surface area contributed by atoms with Crippen LogP contribution in [-0.2, 0) is 13.0 Å². The van der Waals surface area contributed by atoms with Gasteiger partial charge in [-0.3, -0.25) is 9.89 Å². The average molecular weight is 274 g/mol. The van der Waals surface area contributed by atoms with Crippen LogP contribution in [0.25, 0.3) is 0 Å². The van der Waals surface area contributed by atoms with E-state index in [1.165, 1.54) is 12.1 Å². The van der Waals surface area contributed by atoms with Crippen molar-refractivity contribution in [1.82, 2.24) is 20.5 Å². The first-order chi connectivity index (χ1) is 9.60. The standard InChI is InChI=1S/C13H14N4O3/c1-2-10-15-11(17-16-10)12(18)14-7-8-4-3-5-9(6-8)13(19)20/h3-6H,2,7H2,1H3,(H,14,18)(H,19,20)(H,15,16,17). The number of carboxylic acid groups (broad SMARTS) is 1. The third-order valence-electron chi connectivity index (χ3n) is 2.70. The van der Waals surface area contributed by atoms with E-state index in [9.17, 15) is 9.59 Å². The summed E-state index contributed by atoms with van der Waals surface area (Å²) in [6.45, 7) is 2.12. The lowest BCUT2D eigenvalue weighted by molar-refractivity contribution is 0.0696. The van der Waals surface area contributed by atoms with Gasteiger partial charge in [0.1, 0.15) is 5.82 Å². The van der Waals surface area contributed by atoms with Crippen molar-refractivity contribution in [2.45, 2.75) is 19.9 Å². The van der Waals surface area contributed by atoms with Crippen molar-refractivity contribution in [3.63, 3.8) is 0 Å². The Morgan fingerprint density at radius 3 is 2.85 bits per heavy atom. The van der Waals surface area contributed by atoms with Gasteiger partial charge in [-0.1, -0.05) is 19.1 Å². The Morgan fingerprint density at radius 1 is 1.40 bits per heavy atom. The fourth-order valence-corrected chi connectivity index (χ4v) is 1.63. The number of amides is 1. The van der Waals surface area contributed by atoms with Crippen LogP contribution in [0, 0.1) is 0 Å². The predicted octanol–water partition coefficient (Wildman–Crippen LogP) is 0.995.